The van der Waals surface area contributed by atoms with Gasteiger partial charge in [-0.15, -0.1) is 0 Å². The predicted octanol–water partition coefficient (Wildman–Crippen LogP) is 1.47. The topological polar surface area (TPSA) is 9.23 Å². The van der Waals surface area contributed by atoms with Crippen LogP contribution in [0.15, 0.2) is 0 Å². The molecule has 0 saturated heterocycles. The lowest BCUT2D eigenvalue weighted by Crippen LogP contribution is -1.81. The zero-order valence-corrected chi connectivity index (χ0v) is 4.32. The monoisotopic (exact) mass is 86.1 g/mol. The van der Waals surface area contributed by atoms with Gasteiger partial charge in [0.05, 0.1) is 0 Å². The molecule has 0 aromatic heterocycles. The average Bonchev–Trinajstić information content (AvgIpc) is 1.61. The molecule has 0 atom stereocenters. The Bertz CT molecular complexity index is 15.9. The highest BCUT2D eigenvalue weighted by Gasteiger charge is 1.75. The molecule has 0 aromatic carbocycles. The van der Waals surface area contributed by atoms with Gasteiger partial charge < -0.3 is 4.74 Å². The molecular formula is C5H10O. The summed E-state index contributed by atoms with van der Waals surface area (Å²) in [5.74, 6) is 0. The van der Waals surface area contributed by atoms with Gasteiger partial charge in [0.2, 0.25) is 0 Å². The van der Waals surface area contributed by atoms with Gasteiger partial charge in [-0.25, -0.2) is 0 Å². The van der Waals surface area contributed by atoms with E-state index < -0.39 is 0 Å². The average molecular weight is 86.1 g/mol. The van der Waals surface area contributed by atoms with Crippen LogP contribution in [-0.2, 0) is 4.74 Å². The number of hydrogen-bond donors (Lipinski definition) is 0. The third-order valence-corrected chi connectivity index (χ3v) is 0.391. The molecule has 0 aromatic rings. The van der Waals surface area contributed by atoms with Crippen LogP contribution in [-0.4, -0.2) is 6.61 Å². The van der Waals surface area contributed by atoms with Crippen LogP contribution in [0, 0.1) is 6.61 Å². The van der Waals surface area contributed by atoms with Gasteiger partial charge in [0, 0.05) is 6.61 Å². The number of rotatable bonds is 3. The maximum atomic E-state index is 4.73. The third-order valence-electron chi connectivity index (χ3n) is 0.391. The maximum absolute atomic E-state index is 4.73. The first-order valence-electron chi connectivity index (χ1n) is 2.26. The highest BCUT2D eigenvalue weighted by Crippen LogP contribution is 1.83. The van der Waals surface area contributed by atoms with Crippen LogP contribution in [0.2, 0.25) is 0 Å². The van der Waals surface area contributed by atoms with Gasteiger partial charge in [0.15, 0.2) is 0 Å². The second-order valence-electron chi connectivity index (χ2n) is 0.931. The Morgan fingerprint density at radius 1 is 1.50 bits per heavy atom. The minimum atomic E-state index is 0.744. The fraction of sp³-hybridized carbons (Fsp3) is 0.800. The van der Waals surface area contributed by atoms with Crippen molar-refractivity contribution >= 4 is 0 Å². The molecule has 0 rings (SSSR count). The first kappa shape index (κ1) is 5.96. The Hall–Kier alpha value is -0.0400. The summed E-state index contributed by atoms with van der Waals surface area (Å²) in [5, 5.41) is 0. The van der Waals surface area contributed by atoms with Gasteiger partial charge in [-0.3, -0.25) is 0 Å². The van der Waals surface area contributed by atoms with Crippen molar-refractivity contribution in [2.24, 2.45) is 0 Å². The van der Waals surface area contributed by atoms with Crippen LogP contribution in [0.5, 0.6) is 0 Å². The lowest BCUT2D eigenvalue weighted by molar-refractivity contribution is 0.210. The summed E-state index contributed by atoms with van der Waals surface area (Å²) in [6.07, 6.45) is 0.883. The first-order valence-corrected chi connectivity index (χ1v) is 2.26. The van der Waals surface area contributed by atoms with E-state index in [0.717, 1.165) is 13.0 Å². The SMILES string of the molecule is CC[C]OCC. The third kappa shape index (κ3) is 3.96. The zero-order valence-electron chi connectivity index (χ0n) is 4.32. The van der Waals surface area contributed by atoms with Crippen LogP contribution in [0.1, 0.15) is 20.3 Å². The van der Waals surface area contributed by atoms with Crippen molar-refractivity contribution in [3.8, 4) is 0 Å². The van der Waals surface area contributed by atoms with Crippen LogP contribution in [0.4, 0.5) is 0 Å². The van der Waals surface area contributed by atoms with E-state index in [1.807, 2.05) is 13.8 Å². The van der Waals surface area contributed by atoms with E-state index >= 15 is 0 Å². The molecule has 0 aliphatic heterocycles. The van der Waals surface area contributed by atoms with Crippen molar-refractivity contribution in [3.63, 3.8) is 0 Å². The fourth-order valence-electron chi connectivity index (χ4n) is 0.204. The van der Waals surface area contributed by atoms with E-state index in [9.17, 15) is 0 Å². The lowest BCUT2D eigenvalue weighted by atomic mass is 10.5. The Labute approximate surface area is 39.3 Å². The number of hydrogen-bond acceptors (Lipinski definition) is 1. The predicted molar refractivity (Wildman–Crippen MR) is 25.2 cm³/mol. The summed E-state index contributed by atoms with van der Waals surface area (Å²) in [5.41, 5.74) is 0. The molecule has 0 aliphatic carbocycles. The Morgan fingerprint density at radius 3 is 2.33 bits per heavy atom. The zero-order chi connectivity index (χ0) is 4.83. The summed E-state index contributed by atoms with van der Waals surface area (Å²) in [4.78, 5) is 0. The minimum Gasteiger partial charge on any atom is -0.369 e. The van der Waals surface area contributed by atoms with E-state index in [4.69, 9.17) is 4.74 Å². The highest BCUT2D eigenvalue weighted by atomic mass is 16.5. The molecule has 0 amide bonds. The number of ether oxygens (including phenoxy) is 1. The maximum Gasteiger partial charge on any atom is 0.131 e. The van der Waals surface area contributed by atoms with Gasteiger partial charge in [-0.2, -0.15) is 0 Å². The van der Waals surface area contributed by atoms with Crippen LogP contribution >= 0.6 is 0 Å². The molecule has 0 spiro atoms. The van der Waals surface area contributed by atoms with Gasteiger partial charge in [-0.05, 0) is 13.3 Å². The molecule has 2 radical (unpaired) electrons. The smallest absolute Gasteiger partial charge is 0.131 e. The van der Waals surface area contributed by atoms with Crippen LogP contribution < -0.4 is 0 Å². The van der Waals surface area contributed by atoms with Crippen molar-refractivity contribution in [1.29, 1.82) is 0 Å². The second-order valence-corrected chi connectivity index (χ2v) is 0.931. The van der Waals surface area contributed by atoms with Gasteiger partial charge in [0.25, 0.3) is 0 Å². The highest BCUT2D eigenvalue weighted by molar-refractivity contribution is 4.40. The quantitative estimate of drug-likeness (QED) is 0.472. The van der Waals surface area contributed by atoms with E-state index in [-0.39, 0.29) is 0 Å². The molecule has 0 bridgehead atoms. The van der Waals surface area contributed by atoms with Crippen molar-refractivity contribution in [2.45, 2.75) is 20.3 Å². The van der Waals surface area contributed by atoms with Crippen LogP contribution in [0.3, 0.4) is 0 Å². The van der Waals surface area contributed by atoms with Gasteiger partial charge in [-0.1, -0.05) is 6.92 Å². The van der Waals surface area contributed by atoms with Crippen molar-refractivity contribution in [3.05, 3.63) is 6.61 Å². The molecule has 0 unspecified atom stereocenters. The lowest BCUT2D eigenvalue weighted by Gasteiger charge is -1.88. The summed E-state index contributed by atoms with van der Waals surface area (Å²) >= 11 is 0. The van der Waals surface area contributed by atoms with Gasteiger partial charge in [0.1, 0.15) is 6.61 Å². The molecule has 6 heavy (non-hydrogen) atoms. The van der Waals surface area contributed by atoms with Crippen molar-refractivity contribution < 1.29 is 4.74 Å². The molecular weight excluding hydrogens is 76.1 g/mol. The van der Waals surface area contributed by atoms with Crippen molar-refractivity contribution in [2.75, 3.05) is 6.61 Å². The van der Waals surface area contributed by atoms with E-state index in [2.05, 4.69) is 6.61 Å². The molecule has 0 fully saturated rings. The fourth-order valence-corrected chi connectivity index (χ4v) is 0.204. The standard InChI is InChI=1S/C5H10O/c1-3-5-6-4-2/h3-4H2,1-2H3. The molecule has 1 nitrogen and oxygen atoms in total. The largest absolute Gasteiger partial charge is 0.369 e. The molecule has 36 valence electrons. The van der Waals surface area contributed by atoms with E-state index in [1.165, 1.54) is 0 Å². The molecule has 0 heterocycles. The normalized spacial score (nSPS) is 9.00. The Kier molecular flexibility index (Phi) is 4.93. The first-order chi connectivity index (χ1) is 2.91. The summed E-state index contributed by atoms with van der Waals surface area (Å²) in [6.45, 7) is 7.38. The van der Waals surface area contributed by atoms with Crippen molar-refractivity contribution in [1.82, 2.24) is 0 Å². The summed E-state index contributed by atoms with van der Waals surface area (Å²) in [7, 11) is 0. The Morgan fingerprint density at radius 2 is 2.17 bits per heavy atom. The molecule has 0 saturated carbocycles. The Balaban J connectivity index is 2.34. The summed E-state index contributed by atoms with van der Waals surface area (Å²) in [6, 6.07) is 0. The molecule has 0 N–H and O–H groups in total. The van der Waals surface area contributed by atoms with E-state index in [0.29, 0.717) is 0 Å². The molecule has 0 aliphatic rings. The van der Waals surface area contributed by atoms with Crippen LogP contribution in [0.25, 0.3) is 0 Å². The van der Waals surface area contributed by atoms with Gasteiger partial charge >= 0.3 is 0 Å². The minimum absolute atomic E-state index is 0.744. The second kappa shape index (κ2) is 4.96. The molecule has 1 heteroatoms. The summed E-state index contributed by atoms with van der Waals surface area (Å²) < 4.78 is 4.73. The van der Waals surface area contributed by atoms with E-state index in [1.54, 1.807) is 0 Å².